The molecule has 0 fully saturated rings. The van der Waals surface area contributed by atoms with Crippen LogP contribution in [0.25, 0.3) is 88.0 Å². The molecule has 0 unspecified atom stereocenters. The summed E-state index contributed by atoms with van der Waals surface area (Å²) in [6.45, 7) is 0. The molecule has 0 saturated heterocycles. The highest BCUT2D eigenvalue weighted by atomic mass is 14.1. The summed E-state index contributed by atoms with van der Waals surface area (Å²) in [5.41, 5.74) is 12.2. The summed E-state index contributed by atoms with van der Waals surface area (Å²) >= 11 is 0. The van der Waals surface area contributed by atoms with Crippen molar-refractivity contribution in [2.45, 2.75) is 0 Å². The minimum Gasteiger partial charge on any atom is -0.0622 e. The first-order valence-electron chi connectivity index (χ1n) is 16.6. The van der Waals surface area contributed by atoms with Crippen LogP contribution in [-0.4, -0.2) is 0 Å². The molecule has 224 valence electrons. The minimum atomic E-state index is 1.21. The normalized spacial score (nSPS) is 11.3. The maximum Gasteiger partial charge on any atom is -0.00987 e. The number of rotatable bonds is 5. The van der Waals surface area contributed by atoms with E-state index in [9.17, 15) is 0 Å². The van der Waals surface area contributed by atoms with Gasteiger partial charge in [0.1, 0.15) is 0 Å². The molecule has 0 N–H and O–H groups in total. The summed E-state index contributed by atoms with van der Waals surface area (Å²) in [7, 11) is 0. The summed E-state index contributed by atoms with van der Waals surface area (Å²) in [5, 5.41) is 7.65. The van der Waals surface area contributed by atoms with Crippen molar-refractivity contribution < 1.29 is 0 Å². The van der Waals surface area contributed by atoms with Gasteiger partial charge in [-0.15, -0.1) is 0 Å². The van der Waals surface area contributed by atoms with Crippen molar-refractivity contribution >= 4 is 32.3 Å². The van der Waals surface area contributed by atoms with Crippen molar-refractivity contribution in [1.82, 2.24) is 0 Å². The lowest BCUT2D eigenvalue weighted by Gasteiger charge is -2.13. The third-order valence-corrected chi connectivity index (χ3v) is 9.62. The molecule has 0 atom stereocenters. The molecule has 0 radical (unpaired) electrons. The van der Waals surface area contributed by atoms with Gasteiger partial charge in [0.15, 0.2) is 0 Å². The van der Waals surface area contributed by atoms with E-state index in [1.165, 1.54) is 88.0 Å². The number of benzene rings is 9. The van der Waals surface area contributed by atoms with E-state index in [0.29, 0.717) is 0 Å². The lowest BCUT2D eigenvalue weighted by molar-refractivity contribution is 1.56. The average molecular weight is 609 g/mol. The van der Waals surface area contributed by atoms with E-state index >= 15 is 0 Å². The second kappa shape index (κ2) is 11.8. The zero-order chi connectivity index (χ0) is 31.9. The highest BCUT2D eigenvalue weighted by Crippen LogP contribution is 2.38. The maximum absolute atomic E-state index is 2.37. The first-order valence-corrected chi connectivity index (χ1v) is 16.6. The standard InChI is InChI=1S/C48H32/c1-4-11-33(12-5-1)40-21-19-36-23-26-46-45(47(36)31-40)25-24-37-20-22-41(32-48(37)46)38-17-10-18-39(27-38)44-29-42(34-13-6-2-7-14-34)28-43(30-44)35-15-8-3-9-16-35/h1-32H. The van der Waals surface area contributed by atoms with Crippen LogP contribution in [0, 0.1) is 0 Å². The smallest absolute Gasteiger partial charge is 0.00987 e. The molecule has 0 aromatic heterocycles. The van der Waals surface area contributed by atoms with Crippen molar-refractivity contribution in [3.05, 3.63) is 194 Å². The van der Waals surface area contributed by atoms with Crippen LogP contribution >= 0.6 is 0 Å². The van der Waals surface area contributed by atoms with Gasteiger partial charge in [0.2, 0.25) is 0 Å². The van der Waals surface area contributed by atoms with Crippen molar-refractivity contribution in [3.8, 4) is 55.6 Å². The van der Waals surface area contributed by atoms with Crippen molar-refractivity contribution in [2.75, 3.05) is 0 Å². The molecule has 0 bridgehead atoms. The summed E-state index contributed by atoms with van der Waals surface area (Å²) < 4.78 is 0. The Hall–Kier alpha value is -6.24. The molecule has 0 aliphatic carbocycles. The van der Waals surface area contributed by atoms with Crippen LogP contribution in [0.1, 0.15) is 0 Å². The largest absolute Gasteiger partial charge is 0.0622 e. The molecular formula is C48H32. The molecular weight excluding hydrogens is 577 g/mol. The van der Waals surface area contributed by atoms with E-state index < -0.39 is 0 Å². The van der Waals surface area contributed by atoms with Gasteiger partial charge in [-0.3, -0.25) is 0 Å². The van der Waals surface area contributed by atoms with Gasteiger partial charge in [-0.05, 0) is 124 Å². The molecule has 9 aromatic carbocycles. The van der Waals surface area contributed by atoms with E-state index in [1.807, 2.05) is 0 Å². The third kappa shape index (κ3) is 5.14. The molecule has 0 heteroatoms. The Morgan fingerprint density at radius 3 is 0.958 bits per heavy atom. The zero-order valence-corrected chi connectivity index (χ0v) is 26.5. The van der Waals surface area contributed by atoms with Crippen molar-refractivity contribution in [3.63, 3.8) is 0 Å². The van der Waals surface area contributed by atoms with Crippen LogP contribution in [0.5, 0.6) is 0 Å². The first-order chi connectivity index (χ1) is 23.8. The fourth-order valence-corrected chi connectivity index (χ4v) is 7.12. The maximum atomic E-state index is 2.37. The summed E-state index contributed by atoms with van der Waals surface area (Å²) in [5.74, 6) is 0. The Labute approximate surface area is 281 Å². The fraction of sp³-hybridized carbons (Fsp3) is 0. The Morgan fingerprint density at radius 2 is 0.479 bits per heavy atom. The van der Waals surface area contributed by atoms with Crippen LogP contribution in [0.15, 0.2) is 194 Å². The Morgan fingerprint density at radius 1 is 0.167 bits per heavy atom. The quantitative estimate of drug-likeness (QED) is 0.171. The van der Waals surface area contributed by atoms with Crippen LogP contribution in [-0.2, 0) is 0 Å². The van der Waals surface area contributed by atoms with E-state index in [4.69, 9.17) is 0 Å². The Kier molecular flexibility index (Phi) is 6.91. The van der Waals surface area contributed by atoms with E-state index in [2.05, 4.69) is 194 Å². The monoisotopic (exact) mass is 608 g/mol. The highest BCUT2D eigenvalue weighted by molar-refractivity contribution is 6.18. The van der Waals surface area contributed by atoms with Gasteiger partial charge in [-0.1, -0.05) is 158 Å². The van der Waals surface area contributed by atoms with Crippen LogP contribution in [0.4, 0.5) is 0 Å². The predicted molar refractivity (Wildman–Crippen MR) is 206 cm³/mol. The second-order valence-corrected chi connectivity index (χ2v) is 12.6. The molecule has 0 saturated carbocycles. The fourth-order valence-electron chi connectivity index (χ4n) is 7.12. The highest BCUT2D eigenvalue weighted by Gasteiger charge is 2.11. The van der Waals surface area contributed by atoms with E-state index in [1.54, 1.807) is 0 Å². The van der Waals surface area contributed by atoms with Crippen LogP contribution < -0.4 is 0 Å². The van der Waals surface area contributed by atoms with Gasteiger partial charge >= 0.3 is 0 Å². The van der Waals surface area contributed by atoms with E-state index in [0.717, 1.165) is 0 Å². The Balaban J connectivity index is 1.16. The molecule has 9 rings (SSSR count). The molecule has 0 spiro atoms. The van der Waals surface area contributed by atoms with Gasteiger partial charge in [0, 0.05) is 0 Å². The summed E-state index contributed by atoms with van der Waals surface area (Å²) in [6, 6.07) is 70.8. The third-order valence-electron chi connectivity index (χ3n) is 9.62. The average Bonchev–Trinajstić information content (AvgIpc) is 3.18. The molecule has 0 amide bonds. The molecule has 0 heterocycles. The Bertz CT molecular complexity index is 2520. The number of hydrogen-bond donors (Lipinski definition) is 0. The number of hydrogen-bond acceptors (Lipinski definition) is 0. The van der Waals surface area contributed by atoms with E-state index in [-0.39, 0.29) is 0 Å². The minimum absolute atomic E-state index is 1.21. The number of fused-ring (bicyclic) bond motifs is 5. The molecule has 0 aliphatic heterocycles. The van der Waals surface area contributed by atoms with Crippen molar-refractivity contribution in [1.29, 1.82) is 0 Å². The van der Waals surface area contributed by atoms with Gasteiger partial charge in [-0.25, -0.2) is 0 Å². The SMILES string of the molecule is c1ccc(-c2cc(-c3ccccc3)cc(-c3cccc(-c4ccc5ccc6c7cc(-c8ccccc8)ccc7ccc6c5c4)c3)c2)cc1. The lowest BCUT2D eigenvalue weighted by atomic mass is 9.91. The first kappa shape index (κ1) is 28.0. The molecule has 0 nitrogen and oxygen atoms in total. The van der Waals surface area contributed by atoms with Crippen LogP contribution in [0.3, 0.4) is 0 Å². The zero-order valence-electron chi connectivity index (χ0n) is 26.5. The second-order valence-electron chi connectivity index (χ2n) is 12.6. The topological polar surface area (TPSA) is 0 Å². The molecule has 48 heavy (non-hydrogen) atoms. The molecule has 0 aliphatic rings. The van der Waals surface area contributed by atoms with Gasteiger partial charge < -0.3 is 0 Å². The van der Waals surface area contributed by atoms with Gasteiger partial charge in [0.25, 0.3) is 0 Å². The van der Waals surface area contributed by atoms with Gasteiger partial charge in [0.05, 0.1) is 0 Å². The van der Waals surface area contributed by atoms with Crippen LogP contribution in [0.2, 0.25) is 0 Å². The lowest BCUT2D eigenvalue weighted by Crippen LogP contribution is -1.87. The predicted octanol–water partition coefficient (Wildman–Crippen LogP) is 13.5. The summed E-state index contributed by atoms with van der Waals surface area (Å²) in [6.07, 6.45) is 0. The van der Waals surface area contributed by atoms with Gasteiger partial charge in [-0.2, -0.15) is 0 Å². The van der Waals surface area contributed by atoms with Crippen molar-refractivity contribution in [2.24, 2.45) is 0 Å². The molecule has 9 aromatic rings. The summed E-state index contributed by atoms with van der Waals surface area (Å²) in [4.78, 5) is 0.